The second-order valence-corrected chi connectivity index (χ2v) is 6.99. The number of hydrogen-bond donors (Lipinski definition) is 1. The van der Waals surface area contributed by atoms with Crippen molar-refractivity contribution in [3.8, 4) is 11.1 Å². The van der Waals surface area contributed by atoms with E-state index in [0.717, 1.165) is 23.2 Å². The molecule has 28 heavy (non-hydrogen) atoms. The van der Waals surface area contributed by atoms with E-state index in [0.29, 0.717) is 12.2 Å². The molecule has 0 fully saturated rings. The zero-order valence-corrected chi connectivity index (χ0v) is 16.7. The number of aryl methyl sites for hydroxylation is 1. The molecule has 1 amide bonds. The Balaban J connectivity index is 2.01. The fraction of sp³-hybridized carbons (Fsp3) is 0.381. The molecule has 1 N–H and O–H groups in total. The Bertz CT molecular complexity index is 906. The van der Waals surface area contributed by atoms with Crippen LogP contribution < -0.4 is 5.32 Å². The van der Waals surface area contributed by atoms with Gasteiger partial charge in [-0.05, 0) is 43.2 Å². The Hall–Kier alpha value is -2.93. The maximum absolute atomic E-state index is 12.8. The van der Waals surface area contributed by atoms with Gasteiger partial charge in [-0.1, -0.05) is 41.5 Å². The van der Waals surface area contributed by atoms with Gasteiger partial charge in [0.15, 0.2) is 10.9 Å². The topological polar surface area (TPSA) is 78.4 Å². The van der Waals surface area contributed by atoms with E-state index in [4.69, 9.17) is 4.74 Å². The van der Waals surface area contributed by atoms with Gasteiger partial charge in [0, 0.05) is 30.3 Å². The first-order chi connectivity index (χ1) is 13.5. The van der Waals surface area contributed by atoms with Crippen LogP contribution in [0.3, 0.4) is 0 Å². The summed E-state index contributed by atoms with van der Waals surface area (Å²) in [6.45, 7) is 6.44. The number of rotatable bonds is 7. The third-order valence-electron chi connectivity index (χ3n) is 4.59. The summed E-state index contributed by atoms with van der Waals surface area (Å²) in [5.41, 5.74) is 4.52. The van der Waals surface area contributed by atoms with Crippen molar-refractivity contribution in [2.75, 3.05) is 13.7 Å². The molecule has 1 heterocycles. The minimum atomic E-state index is -0.156. The second kappa shape index (κ2) is 8.84. The second-order valence-electron chi connectivity index (χ2n) is 6.99. The molecule has 2 unspecified atom stereocenters. The zero-order chi connectivity index (χ0) is 20.1. The smallest absolute Gasteiger partial charge is 0.258 e. The van der Waals surface area contributed by atoms with Gasteiger partial charge in [0.25, 0.3) is 12.1 Å². The van der Waals surface area contributed by atoms with E-state index in [2.05, 4.69) is 45.1 Å². The molecule has 7 nitrogen and oxygen atoms in total. The monoisotopic (exact) mass is 380 g/mol. The summed E-state index contributed by atoms with van der Waals surface area (Å²) in [5.74, 6) is -0.152. The maximum atomic E-state index is 12.8. The van der Waals surface area contributed by atoms with Gasteiger partial charge in [0.2, 0.25) is 5.22 Å². The number of carbonyl (C=O) groups excluding carboxylic acids is 1. The van der Waals surface area contributed by atoms with Crippen molar-refractivity contribution in [1.82, 2.24) is 5.32 Å². The molecule has 0 spiro atoms. The first-order valence-electron chi connectivity index (χ1n) is 9.43. The highest BCUT2D eigenvalue weighted by Gasteiger charge is 2.27. The molecule has 0 aromatic heterocycles. The van der Waals surface area contributed by atoms with Crippen molar-refractivity contribution in [2.45, 2.75) is 39.4 Å². The molecule has 1 aliphatic heterocycles. The number of nitrogens with one attached hydrogen (secondary N) is 1. The Morgan fingerprint density at radius 1 is 1.21 bits per heavy atom. The molecular formula is C21H26N5O2+. The lowest BCUT2D eigenvalue weighted by Gasteiger charge is -2.14. The summed E-state index contributed by atoms with van der Waals surface area (Å²) >= 11 is 0. The zero-order valence-electron chi connectivity index (χ0n) is 16.7. The number of hydrogen-bond acceptors (Lipinski definition) is 5. The normalized spacial score (nSPS) is 16.7. The third-order valence-corrected chi connectivity index (χ3v) is 4.59. The Labute approximate surface area is 165 Å². The van der Waals surface area contributed by atoms with Gasteiger partial charge in [0.1, 0.15) is 0 Å². The van der Waals surface area contributed by atoms with Gasteiger partial charge in [-0.15, -0.1) is 0 Å². The highest BCUT2D eigenvalue weighted by Crippen LogP contribution is 2.30. The van der Waals surface area contributed by atoms with Gasteiger partial charge < -0.3 is 10.1 Å². The average molecular weight is 380 g/mol. The molecule has 1 aliphatic rings. The van der Waals surface area contributed by atoms with Gasteiger partial charge in [-0.25, -0.2) is 0 Å². The van der Waals surface area contributed by atoms with E-state index >= 15 is 0 Å². The third kappa shape index (κ3) is 4.48. The lowest BCUT2D eigenvalue weighted by Crippen LogP contribution is -2.35. The molecule has 146 valence electrons. The van der Waals surface area contributed by atoms with Crippen LogP contribution in [0.5, 0.6) is 0 Å². The van der Waals surface area contributed by atoms with Crippen LogP contribution in [0.25, 0.3) is 11.1 Å². The molecule has 0 saturated carbocycles. The van der Waals surface area contributed by atoms with E-state index in [9.17, 15) is 4.79 Å². The van der Waals surface area contributed by atoms with E-state index < -0.39 is 0 Å². The van der Waals surface area contributed by atoms with Crippen LogP contribution in [0.15, 0.2) is 58.0 Å². The van der Waals surface area contributed by atoms with Crippen LogP contribution in [0.2, 0.25) is 0 Å². The number of ether oxygens (including phenoxy) is 1. The van der Waals surface area contributed by atoms with E-state index in [1.54, 1.807) is 11.8 Å². The predicted molar refractivity (Wildman–Crippen MR) is 107 cm³/mol. The molecule has 3 rings (SSSR count). The summed E-state index contributed by atoms with van der Waals surface area (Å²) < 4.78 is 6.87. The molecule has 2 atom stereocenters. The number of carbonyl (C=O) groups is 1. The SMILES string of the molecule is CCC1N=NN=[N+]1c1cc(C(=O)NC(C)COC)cc(-c2ccc(C)cc2)c1. The lowest BCUT2D eigenvalue weighted by atomic mass is 10.00. The summed E-state index contributed by atoms with van der Waals surface area (Å²) in [7, 11) is 1.62. The molecule has 0 bridgehead atoms. The summed E-state index contributed by atoms with van der Waals surface area (Å²) in [4.78, 5) is 12.8. The fourth-order valence-electron chi connectivity index (χ4n) is 3.10. The number of nitrogens with zero attached hydrogens (tertiary/aromatic N) is 4. The summed E-state index contributed by atoms with van der Waals surface area (Å²) in [6, 6.07) is 13.9. The van der Waals surface area contributed by atoms with Crippen molar-refractivity contribution in [3.05, 3.63) is 53.6 Å². The number of benzene rings is 2. The summed E-state index contributed by atoms with van der Waals surface area (Å²) in [6.07, 6.45) is 0.616. The first-order valence-corrected chi connectivity index (χ1v) is 9.43. The fourth-order valence-corrected chi connectivity index (χ4v) is 3.10. The van der Waals surface area contributed by atoms with Crippen LogP contribution in [0.1, 0.15) is 36.2 Å². The van der Waals surface area contributed by atoms with Crippen molar-refractivity contribution in [1.29, 1.82) is 0 Å². The van der Waals surface area contributed by atoms with Gasteiger partial charge in [-0.2, -0.15) is 0 Å². The van der Waals surface area contributed by atoms with Crippen molar-refractivity contribution >= 4 is 11.6 Å². The Morgan fingerprint density at radius 3 is 2.64 bits per heavy atom. The van der Waals surface area contributed by atoms with Crippen LogP contribution in [-0.2, 0) is 4.74 Å². The van der Waals surface area contributed by atoms with Gasteiger partial charge >= 0.3 is 0 Å². The minimum absolute atomic E-state index is 0.0890. The van der Waals surface area contributed by atoms with Crippen LogP contribution in [0.4, 0.5) is 5.69 Å². The molecule has 7 heteroatoms. The summed E-state index contributed by atoms with van der Waals surface area (Å²) in [5, 5.41) is 15.1. The quantitative estimate of drug-likeness (QED) is 0.710. The van der Waals surface area contributed by atoms with E-state index in [1.807, 2.05) is 39.0 Å². The number of amides is 1. The van der Waals surface area contributed by atoms with E-state index in [1.165, 1.54) is 5.56 Å². The van der Waals surface area contributed by atoms with Crippen LogP contribution in [-0.4, -0.2) is 36.5 Å². The largest absolute Gasteiger partial charge is 0.383 e. The molecule has 2 aromatic carbocycles. The predicted octanol–water partition coefficient (Wildman–Crippen LogP) is 4.64. The van der Waals surface area contributed by atoms with Crippen molar-refractivity contribution in [3.63, 3.8) is 0 Å². The Morgan fingerprint density at radius 2 is 1.96 bits per heavy atom. The molecular weight excluding hydrogens is 354 g/mol. The number of methoxy groups -OCH3 is 1. The van der Waals surface area contributed by atoms with E-state index in [-0.39, 0.29) is 18.1 Å². The van der Waals surface area contributed by atoms with Crippen LogP contribution in [0, 0.1) is 6.92 Å². The van der Waals surface area contributed by atoms with Crippen LogP contribution >= 0.6 is 0 Å². The maximum Gasteiger partial charge on any atom is 0.258 e. The molecule has 2 aromatic rings. The van der Waals surface area contributed by atoms with Crippen molar-refractivity contribution in [2.24, 2.45) is 15.6 Å². The Kier molecular flexibility index (Phi) is 6.26. The first kappa shape index (κ1) is 19.8. The average Bonchev–Trinajstić information content (AvgIpc) is 3.17. The van der Waals surface area contributed by atoms with Gasteiger partial charge in [-0.3, -0.25) is 4.79 Å². The molecule has 0 radical (unpaired) electrons. The highest BCUT2D eigenvalue weighted by molar-refractivity contribution is 5.96. The van der Waals surface area contributed by atoms with Crippen molar-refractivity contribution < 1.29 is 14.2 Å². The van der Waals surface area contributed by atoms with Gasteiger partial charge in [0.05, 0.1) is 6.61 Å². The highest BCUT2D eigenvalue weighted by atomic mass is 16.5. The lowest BCUT2D eigenvalue weighted by molar-refractivity contribution is -0.541. The molecule has 0 saturated heterocycles. The molecule has 0 aliphatic carbocycles. The standard InChI is InChI=1S/C21H25N5O2/c1-5-20-23-24-25-26(20)19-11-17(16-8-6-14(2)7-9-16)10-18(12-19)21(27)22-15(3)13-28-4/h6-12,15,20H,5,13H2,1-4H3/p+1. The minimum Gasteiger partial charge on any atom is -0.383 e.